The standard InChI is InChI=1S/C39H40N2O10S/c1-26-10-20-33(21-11-26)52(45,46)50-25-38(34(42)22-35(51-38)41-23-27(2)36(43)40-37(41)44)24-49-39(28-8-6-5-7-9-28,29-12-16-31(47-3)17-13-29)30-14-18-32(48-4)19-15-30/h5-21,23,34-35,42H,22,24-25H2,1-4H3,(H,40,43,44)/t34-,35+,38-/m0/s1. The van der Waals surface area contributed by atoms with Crippen LogP contribution < -0.4 is 20.7 Å². The zero-order chi connectivity index (χ0) is 37.1. The van der Waals surface area contributed by atoms with Gasteiger partial charge in [-0.25, -0.2) is 4.79 Å². The molecule has 13 heteroatoms. The van der Waals surface area contributed by atoms with E-state index in [-0.39, 0.29) is 16.9 Å². The van der Waals surface area contributed by atoms with E-state index < -0.39 is 58.1 Å². The highest BCUT2D eigenvalue weighted by atomic mass is 32.2. The van der Waals surface area contributed by atoms with Crippen molar-refractivity contribution in [1.82, 2.24) is 9.55 Å². The first kappa shape index (κ1) is 36.7. The van der Waals surface area contributed by atoms with Gasteiger partial charge in [0.2, 0.25) is 0 Å². The summed E-state index contributed by atoms with van der Waals surface area (Å²) >= 11 is 0. The van der Waals surface area contributed by atoms with Gasteiger partial charge in [-0.1, -0.05) is 72.3 Å². The molecular formula is C39H40N2O10S. The summed E-state index contributed by atoms with van der Waals surface area (Å²) in [7, 11) is -1.21. The number of aromatic nitrogens is 2. The molecular weight excluding hydrogens is 688 g/mol. The molecule has 1 aliphatic heterocycles. The zero-order valence-corrected chi connectivity index (χ0v) is 30.0. The number of aliphatic hydroxyl groups excluding tert-OH is 1. The molecule has 2 heterocycles. The Morgan fingerprint density at radius 2 is 1.38 bits per heavy atom. The lowest BCUT2D eigenvalue weighted by Crippen LogP contribution is -2.51. The van der Waals surface area contributed by atoms with Gasteiger partial charge in [0.15, 0.2) is 0 Å². The monoisotopic (exact) mass is 728 g/mol. The largest absolute Gasteiger partial charge is 0.497 e. The van der Waals surface area contributed by atoms with Gasteiger partial charge < -0.3 is 24.1 Å². The maximum absolute atomic E-state index is 13.5. The van der Waals surface area contributed by atoms with Gasteiger partial charge in [-0.3, -0.25) is 18.5 Å². The first-order chi connectivity index (χ1) is 24.9. The molecule has 0 saturated carbocycles. The SMILES string of the molecule is COc1ccc(C(OC[C@@]2(COS(=O)(=O)c3ccc(C)cc3)O[C@@H](n3cc(C)c(=O)[nH]c3=O)C[C@@H]2O)(c2ccccc2)c2ccc(OC)cc2)cc1. The Hall–Kier alpha value is -5.05. The summed E-state index contributed by atoms with van der Waals surface area (Å²) in [5, 5.41) is 11.8. The van der Waals surface area contributed by atoms with E-state index in [9.17, 15) is 23.1 Å². The van der Waals surface area contributed by atoms with E-state index in [0.29, 0.717) is 28.2 Å². The van der Waals surface area contributed by atoms with Gasteiger partial charge in [0.05, 0.1) is 31.8 Å². The molecule has 1 saturated heterocycles. The number of hydrogen-bond donors (Lipinski definition) is 2. The number of aliphatic hydroxyl groups is 1. The fourth-order valence-electron chi connectivity index (χ4n) is 6.33. The highest BCUT2D eigenvalue weighted by Gasteiger charge is 2.53. The highest BCUT2D eigenvalue weighted by Crippen LogP contribution is 2.45. The normalized spacial score (nSPS) is 19.0. The third kappa shape index (κ3) is 7.18. The summed E-state index contributed by atoms with van der Waals surface area (Å²) < 4.78 is 58.2. The van der Waals surface area contributed by atoms with Crippen molar-refractivity contribution in [2.45, 2.75) is 48.7 Å². The second kappa shape index (κ2) is 14.9. The van der Waals surface area contributed by atoms with E-state index in [4.69, 9.17) is 23.1 Å². The van der Waals surface area contributed by atoms with Gasteiger partial charge in [0.25, 0.3) is 15.7 Å². The predicted molar refractivity (Wildman–Crippen MR) is 192 cm³/mol. The lowest BCUT2D eigenvalue weighted by Gasteiger charge is -2.40. The van der Waals surface area contributed by atoms with Crippen molar-refractivity contribution in [3.63, 3.8) is 0 Å². The number of aromatic amines is 1. The average Bonchev–Trinajstić information content (AvgIpc) is 3.49. The molecule has 0 bridgehead atoms. The summed E-state index contributed by atoms with van der Waals surface area (Å²) in [6.45, 7) is 2.27. The molecule has 3 atom stereocenters. The molecule has 1 aliphatic rings. The van der Waals surface area contributed by atoms with Crippen molar-refractivity contribution in [1.29, 1.82) is 0 Å². The number of methoxy groups -OCH3 is 2. The van der Waals surface area contributed by atoms with Gasteiger partial charge >= 0.3 is 5.69 Å². The smallest absolute Gasteiger partial charge is 0.330 e. The van der Waals surface area contributed by atoms with Crippen LogP contribution in [0.1, 0.15) is 40.5 Å². The molecule has 0 aliphatic carbocycles. The number of aryl methyl sites for hydroxylation is 2. The Kier molecular flexibility index (Phi) is 10.5. The van der Waals surface area contributed by atoms with Gasteiger partial charge in [-0.2, -0.15) is 8.42 Å². The molecule has 0 radical (unpaired) electrons. The van der Waals surface area contributed by atoms with E-state index >= 15 is 0 Å². The second-order valence-corrected chi connectivity index (χ2v) is 14.3. The molecule has 12 nitrogen and oxygen atoms in total. The third-order valence-electron chi connectivity index (χ3n) is 9.33. The number of rotatable bonds is 13. The predicted octanol–water partition coefficient (Wildman–Crippen LogP) is 4.60. The molecule has 0 amide bonds. The van der Waals surface area contributed by atoms with Crippen LogP contribution in [0.5, 0.6) is 11.5 Å². The van der Waals surface area contributed by atoms with Gasteiger partial charge in [0, 0.05) is 18.2 Å². The van der Waals surface area contributed by atoms with Crippen molar-refractivity contribution in [2.24, 2.45) is 0 Å². The fraction of sp³-hybridized carbons (Fsp3) is 0.282. The maximum atomic E-state index is 13.5. The molecule has 2 N–H and O–H groups in total. The molecule has 5 aromatic rings. The minimum atomic E-state index is -4.34. The fourth-order valence-corrected chi connectivity index (χ4v) is 7.29. The lowest BCUT2D eigenvalue weighted by atomic mass is 9.79. The van der Waals surface area contributed by atoms with Crippen LogP contribution in [0.15, 0.2) is 124 Å². The summed E-state index contributed by atoms with van der Waals surface area (Å²) in [6, 6.07) is 30.2. The van der Waals surface area contributed by atoms with Crippen LogP contribution in [0, 0.1) is 13.8 Å². The number of nitrogens with one attached hydrogen (secondary N) is 1. The van der Waals surface area contributed by atoms with Crippen molar-refractivity contribution in [3.05, 3.63) is 158 Å². The Balaban J connectivity index is 1.48. The average molecular weight is 729 g/mol. The molecule has 0 spiro atoms. The van der Waals surface area contributed by atoms with Crippen LogP contribution in [0.4, 0.5) is 0 Å². The Labute approximate surface area is 301 Å². The summed E-state index contributed by atoms with van der Waals surface area (Å²) in [5.74, 6) is 1.23. The van der Waals surface area contributed by atoms with Crippen LogP contribution in [0.2, 0.25) is 0 Å². The summed E-state index contributed by atoms with van der Waals surface area (Å²) in [5.41, 5.74) is -1.34. The van der Waals surface area contributed by atoms with Crippen LogP contribution in [0.3, 0.4) is 0 Å². The van der Waals surface area contributed by atoms with E-state index in [1.807, 2.05) is 61.5 Å². The van der Waals surface area contributed by atoms with E-state index in [0.717, 1.165) is 10.1 Å². The zero-order valence-electron chi connectivity index (χ0n) is 29.1. The minimum Gasteiger partial charge on any atom is -0.497 e. The van der Waals surface area contributed by atoms with Crippen LogP contribution in [-0.2, 0) is 29.4 Å². The summed E-state index contributed by atoms with van der Waals surface area (Å²) in [4.78, 5) is 27.3. The minimum absolute atomic E-state index is 0.0826. The number of H-pyrrole nitrogens is 1. The quantitative estimate of drug-likeness (QED) is 0.130. The number of hydrogen-bond acceptors (Lipinski definition) is 10. The van der Waals surface area contributed by atoms with Crippen LogP contribution >= 0.6 is 0 Å². The molecule has 0 unspecified atom stereocenters. The van der Waals surface area contributed by atoms with E-state index in [1.54, 1.807) is 50.6 Å². The first-order valence-corrected chi connectivity index (χ1v) is 17.9. The molecule has 6 rings (SSSR count). The molecule has 52 heavy (non-hydrogen) atoms. The van der Waals surface area contributed by atoms with Gasteiger partial charge in [-0.15, -0.1) is 0 Å². The van der Waals surface area contributed by atoms with Crippen LogP contribution in [-0.4, -0.2) is 62.2 Å². The molecule has 1 aromatic heterocycles. The lowest BCUT2D eigenvalue weighted by molar-refractivity contribution is -0.174. The van der Waals surface area contributed by atoms with Crippen molar-refractivity contribution in [2.75, 3.05) is 27.4 Å². The highest BCUT2D eigenvalue weighted by molar-refractivity contribution is 7.86. The maximum Gasteiger partial charge on any atom is 0.330 e. The number of benzene rings is 4. The number of ether oxygens (including phenoxy) is 4. The first-order valence-electron chi connectivity index (χ1n) is 16.5. The van der Waals surface area contributed by atoms with Crippen molar-refractivity contribution < 1.29 is 36.7 Å². The topological polar surface area (TPSA) is 155 Å². The molecule has 1 fully saturated rings. The Morgan fingerprint density at radius 3 is 1.94 bits per heavy atom. The Bertz CT molecular complexity index is 2170. The van der Waals surface area contributed by atoms with Crippen molar-refractivity contribution >= 4 is 10.1 Å². The van der Waals surface area contributed by atoms with E-state index in [1.165, 1.54) is 25.3 Å². The Morgan fingerprint density at radius 1 is 0.827 bits per heavy atom. The van der Waals surface area contributed by atoms with Gasteiger partial charge in [0.1, 0.15) is 35.5 Å². The van der Waals surface area contributed by atoms with E-state index in [2.05, 4.69) is 4.98 Å². The molecule has 272 valence electrons. The van der Waals surface area contributed by atoms with Crippen molar-refractivity contribution in [3.8, 4) is 11.5 Å². The van der Waals surface area contributed by atoms with Crippen LogP contribution in [0.25, 0.3) is 0 Å². The molecule has 4 aromatic carbocycles. The van der Waals surface area contributed by atoms with Gasteiger partial charge in [-0.05, 0) is 66.9 Å². The third-order valence-corrected chi connectivity index (χ3v) is 10.6. The number of nitrogens with zero attached hydrogens (tertiary/aromatic N) is 1. The second-order valence-electron chi connectivity index (χ2n) is 12.7. The summed E-state index contributed by atoms with van der Waals surface area (Å²) in [6.07, 6.45) is -1.32.